The normalized spacial score (nSPS) is 12.6. The maximum absolute atomic E-state index is 13.6. The van der Waals surface area contributed by atoms with Gasteiger partial charge in [-0.15, -0.1) is 0 Å². The van der Waals surface area contributed by atoms with Gasteiger partial charge in [0.1, 0.15) is 5.82 Å². The first-order valence-electron chi connectivity index (χ1n) is 5.23. The quantitative estimate of drug-likeness (QED) is 0.826. The second-order valence-corrected chi connectivity index (χ2v) is 4.08. The summed E-state index contributed by atoms with van der Waals surface area (Å²) in [5.41, 5.74) is 7.12. The highest BCUT2D eigenvalue weighted by Gasteiger charge is 2.09. The molecule has 0 aliphatic carbocycles. The molecule has 0 fully saturated rings. The van der Waals surface area contributed by atoms with E-state index in [2.05, 4.69) is 6.92 Å². The number of rotatable bonds is 4. The van der Waals surface area contributed by atoms with Crippen LogP contribution in [-0.4, -0.2) is 20.6 Å². The number of anilines is 1. The molecule has 1 aromatic carbocycles. The molecular weight excluding hydrogens is 191 g/mol. The van der Waals surface area contributed by atoms with Crippen LogP contribution in [0.2, 0.25) is 0 Å². The minimum atomic E-state index is -0.165. The van der Waals surface area contributed by atoms with Crippen molar-refractivity contribution in [1.82, 2.24) is 0 Å². The van der Waals surface area contributed by atoms with Crippen molar-refractivity contribution in [2.24, 2.45) is 5.73 Å². The molecule has 2 N–H and O–H groups in total. The van der Waals surface area contributed by atoms with Crippen molar-refractivity contribution in [3.8, 4) is 0 Å². The van der Waals surface area contributed by atoms with Crippen LogP contribution in [0.1, 0.15) is 24.8 Å². The fraction of sp³-hybridized carbons (Fsp3) is 0.500. The Kier molecular flexibility index (Phi) is 4.09. The number of hydrogen-bond donors (Lipinski definition) is 1. The fourth-order valence-electron chi connectivity index (χ4n) is 1.61. The molecule has 1 aromatic rings. The van der Waals surface area contributed by atoms with Gasteiger partial charge in [-0.2, -0.15) is 0 Å². The van der Waals surface area contributed by atoms with Gasteiger partial charge in [-0.1, -0.05) is 13.0 Å². The smallest absolute Gasteiger partial charge is 0.146 e. The lowest BCUT2D eigenvalue weighted by atomic mass is 9.97. The summed E-state index contributed by atoms with van der Waals surface area (Å²) in [6, 6.07) is 5.39. The zero-order chi connectivity index (χ0) is 11.4. The third-order valence-electron chi connectivity index (χ3n) is 2.62. The standard InChI is InChI=1S/C12H19FN2/c1-9(6-7-14)10-4-5-12(15(2)3)11(13)8-10/h4-5,8-9H,6-7,14H2,1-3H3. The van der Waals surface area contributed by atoms with Crippen LogP contribution >= 0.6 is 0 Å². The van der Waals surface area contributed by atoms with Crippen molar-refractivity contribution in [2.45, 2.75) is 19.3 Å². The Morgan fingerprint density at radius 3 is 2.53 bits per heavy atom. The molecule has 84 valence electrons. The predicted molar refractivity (Wildman–Crippen MR) is 62.8 cm³/mol. The Balaban J connectivity index is 2.91. The van der Waals surface area contributed by atoms with Crippen molar-refractivity contribution in [3.63, 3.8) is 0 Å². The lowest BCUT2D eigenvalue weighted by Crippen LogP contribution is -2.11. The van der Waals surface area contributed by atoms with Crippen LogP contribution in [0, 0.1) is 5.82 Å². The van der Waals surface area contributed by atoms with Crippen molar-refractivity contribution in [2.75, 3.05) is 25.5 Å². The summed E-state index contributed by atoms with van der Waals surface area (Å²) in [5.74, 6) is 0.155. The number of nitrogens with two attached hydrogens (primary N) is 1. The summed E-state index contributed by atoms with van der Waals surface area (Å²) in [5, 5.41) is 0. The molecule has 0 aromatic heterocycles. The first-order valence-corrected chi connectivity index (χ1v) is 5.23. The first-order chi connectivity index (χ1) is 7.06. The van der Waals surface area contributed by atoms with E-state index in [1.54, 1.807) is 11.0 Å². The second kappa shape index (κ2) is 5.12. The first kappa shape index (κ1) is 12.0. The van der Waals surface area contributed by atoms with Gasteiger partial charge in [0.25, 0.3) is 0 Å². The molecular formula is C12H19FN2. The number of halogens is 1. The van der Waals surface area contributed by atoms with Crippen LogP contribution < -0.4 is 10.6 Å². The largest absolute Gasteiger partial charge is 0.375 e. The van der Waals surface area contributed by atoms with Crippen LogP contribution in [0.15, 0.2) is 18.2 Å². The van der Waals surface area contributed by atoms with Crippen LogP contribution in [0.4, 0.5) is 10.1 Å². The van der Waals surface area contributed by atoms with Gasteiger partial charge < -0.3 is 10.6 Å². The zero-order valence-electron chi connectivity index (χ0n) is 9.63. The van der Waals surface area contributed by atoms with Crippen molar-refractivity contribution >= 4 is 5.69 Å². The van der Waals surface area contributed by atoms with E-state index < -0.39 is 0 Å². The monoisotopic (exact) mass is 210 g/mol. The molecule has 0 spiro atoms. The summed E-state index contributed by atoms with van der Waals surface area (Å²) < 4.78 is 13.6. The van der Waals surface area contributed by atoms with E-state index in [4.69, 9.17) is 5.73 Å². The molecule has 2 nitrogen and oxygen atoms in total. The maximum atomic E-state index is 13.6. The second-order valence-electron chi connectivity index (χ2n) is 4.08. The van der Waals surface area contributed by atoms with Crippen LogP contribution in [0.25, 0.3) is 0 Å². The molecule has 1 rings (SSSR count). The van der Waals surface area contributed by atoms with E-state index in [0.717, 1.165) is 12.0 Å². The van der Waals surface area contributed by atoms with Crippen molar-refractivity contribution in [1.29, 1.82) is 0 Å². The molecule has 3 heteroatoms. The lowest BCUT2D eigenvalue weighted by molar-refractivity contribution is 0.615. The minimum Gasteiger partial charge on any atom is -0.375 e. The fourth-order valence-corrected chi connectivity index (χ4v) is 1.61. The van der Waals surface area contributed by atoms with Gasteiger partial charge in [0, 0.05) is 14.1 Å². The van der Waals surface area contributed by atoms with Crippen LogP contribution in [0.3, 0.4) is 0 Å². The third-order valence-corrected chi connectivity index (χ3v) is 2.62. The van der Waals surface area contributed by atoms with Crippen LogP contribution in [0.5, 0.6) is 0 Å². The SMILES string of the molecule is CC(CCN)c1ccc(N(C)C)c(F)c1. The Bertz CT molecular complexity index is 323. The van der Waals surface area contributed by atoms with Crippen LogP contribution in [-0.2, 0) is 0 Å². The molecule has 0 saturated heterocycles. The molecule has 15 heavy (non-hydrogen) atoms. The zero-order valence-corrected chi connectivity index (χ0v) is 9.63. The summed E-state index contributed by atoms with van der Waals surface area (Å²) in [4.78, 5) is 1.77. The van der Waals surface area contributed by atoms with E-state index in [-0.39, 0.29) is 5.82 Å². The molecule has 0 bridgehead atoms. The van der Waals surface area contributed by atoms with E-state index in [0.29, 0.717) is 18.2 Å². The summed E-state index contributed by atoms with van der Waals surface area (Å²) in [6.07, 6.45) is 0.890. The van der Waals surface area contributed by atoms with E-state index in [1.165, 1.54) is 0 Å². The summed E-state index contributed by atoms with van der Waals surface area (Å²) >= 11 is 0. The topological polar surface area (TPSA) is 29.3 Å². The molecule has 0 saturated carbocycles. The Labute approximate surface area is 90.9 Å². The van der Waals surface area contributed by atoms with Gasteiger partial charge >= 0.3 is 0 Å². The number of hydrogen-bond acceptors (Lipinski definition) is 2. The summed E-state index contributed by atoms with van der Waals surface area (Å²) in [6.45, 7) is 2.70. The van der Waals surface area contributed by atoms with Gasteiger partial charge in [0.05, 0.1) is 5.69 Å². The third kappa shape index (κ3) is 2.93. The van der Waals surface area contributed by atoms with Crippen molar-refractivity contribution in [3.05, 3.63) is 29.6 Å². The molecule has 1 unspecified atom stereocenters. The molecule has 0 aliphatic heterocycles. The Morgan fingerprint density at radius 1 is 1.40 bits per heavy atom. The summed E-state index contributed by atoms with van der Waals surface area (Å²) in [7, 11) is 3.67. The lowest BCUT2D eigenvalue weighted by Gasteiger charge is -2.16. The minimum absolute atomic E-state index is 0.165. The van der Waals surface area contributed by atoms with Gasteiger partial charge in [-0.05, 0) is 36.6 Å². The maximum Gasteiger partial charge on any atom is 0.146 e. The highest BCUT2D eigenvalue weighted by Crippen LogP contribution is 2.24. The highest BCUT2D eigenvalue weighted by molar-refractivity contribution is 5.48. The van der Waals surface area contributed by atoms with Gasteiger partial charge in [0.15, 0.2) is 0 Å². The van der Waals surface area contributed by atoms with E-state index in [1.807, 2.05) is 26.2 Å². The molecule has 0 amide bonds. The molecule has 0 aliphatic rings. The van der Waals surface area contributed by atoms with E-state index in [9.17, 15) is 4.39 Å². The molecule has 0 heterocycles. The Morgan fingerprint density at radius 2 is 2.07 bits per heavy atom. The number of nitrogens with zero attached hydrogens (tertiary/aromatic N) is 1. The number of benzene rings is 1. The van der Waals surface area contributed by atoms with Gasteiger partial charge in [-0.3, -0.25) is 0 Å². The molecule has 0 radical (unpaired) electrons. The Hall–Kier alpha value is -1.09. The molecule has 1 atom stereocenters. The van der Waals surface area contributed by atoms with Crippen molar-refractivity contribution < 1.29 is 4.39 Å². The average molecular weight is 210 g/mol. The van der Waals surface area contributed by atoms with E-state index >= 15 is 0 Å². The average Bonchev–Trinajstić information content (AvgIpc) is 2.17. The van der Waals surface area contributed by atoms with Gasteiger partial charge in [0.2, 0.25) is 0 Å². The predicted octanol–water partition coefficient (Wildman–Crippen LogP) is 2.34. The highest BCUT2D eigenvalue weighted by atomic mass is 19.1. The van der Waals surface area contributed by atoms with Gasteiger partial charge in [-0.25, -0.2) is 4.39 Å².